The molecule has 8 nitrogen and oxygen atoms in total. The van der Waals surface area contributed by atoms with Gasteiger partial charge in [-0.1, -0.05) is 0 Å². The lowest BCUT2D eigenvalue weighted by Gasteiger charge is -2.38. The summed E-state index contributed by atoms with van der Waals surface area (Å²) in [5.41, 5.74) is 0.0221. The lowest BCUT2D eigenvalue weighted by Crippen LogP contribution is -2.59. The van der Waals surface area contributed by atoms with E-state index in [1.807, 2.05) is 13.0 Å². The Morgan fingerprint density at radius 3 is 2.61 bits per heavy atom. The molecule has 0 aromatic carbocycles. The SMILES string of the molecule is Cc1cc(Br)c(C(=O)NC2CC23CC(NC(=O)C2CS(=O)(=O)CC(=O)N2)C3)s1. The van der Waals surface area contributed by atoms with E-state index in [2.05, 4.69) is 31.9 Å². The third kappa shape index (κ3) is 3.84. The molecule has 11 heteroatoms. The maximum atomic E-state index is 12.4. The average molecular weight is 490 g/mol. The minimum atomic E-state index is -3.53. The van der Waals surface area contributed by atoms with E-state index in [0.29, 0.717) is 4.88 Å². The molecule has 2 aliphatic carbocycles. The smallest absolute Gasteiger partial charge is 0.262 e. The van der Waals surface area contributed by atoms with Crippen LogP contribution >= 0.6 is 27.3 Å². The van der Waals surface area contributed by atoms with Crippen LogP contribution in [0.3, 0.4) is 0 Å². The lowest BCUT2D eigenvalue weighted by atomic mass is 9.76. The van der Waals surface area contributed by atoms with Crippen molar-refractivity contribution in [2.24, 2.45) is 5.41 Å². The molecule has 1 aromatic rings. The summed E-state index contributed by atoms with van der Waals surface area (Å²) in [6.07, 6.45) is 2.35. The molecule has 1 aromatic heterocycles. The first-order valence-electron chi connectivity index (χ1n) is 8.94. The summed E-state index contributed by atoms with van der Waals surface area (Å²) in [6, 6.07) is 0.919. The molecular weight excluding hydrogens is 470 g/mol. The first-order chi connectivity index (χ1) is 13.1. The first-order valence-corrected chi connectivity index (χ1v) is 12.4. The summed E-state index contributed by atoms with van der Waals surface area (Å²) < 4.78 is 24.1. The van der Waals surface area contributed by atoms with Crippen LogP contribution in [0.4, 0.5) is 0 Å². The van der Waals surface area contributed by atoms with Crippen LogP contribution in [0.1, 0.15) is 33.8 Å². The number of hydrogen-bond donors (Lipinski definition) is 3. The van der Waals surface area contributed by atoms with Crippen LogP contribution in [-0.4, -0.2) is 55.8 Å². The van der Waals surface area contributed by atoms with Crippen LogP contribution in [0, 0.1) is 12.3 Å². The van der Waals surface area contributed by atoms with Crippen molar-refractivity contribution in [2.45, 2.75) is 44.3 Å². The van der Waals surface area contributed by atoms with Crippen LogP contribution in [-0.2, 0) is 19.4 Å². The van der Waals surface area contributed by atoms with E-state index >= 15 is 0 Å². The molecule has 0 bridgehead atoms. The van der Waals surface area contributed by atoms with Crippen molar-refractivity contribution in [3.8, 4) is 0 Å². The highest BCUT2D eigenvalue weighted by Gasteiger charge is 2.62. The normalized spacial score (nSPS) is 32.9. The van der Waals surface area contributed by atoms with Crippen LogP contribution in [0.2, 0.25) is 0 Å². The van der Waals surface area contributed by atoms with Gasteiger partial charge in [-0.15, -0.1) is 11.3 Å². The third-order valence-corrected chi connectivity index (χ3v) is 9.07. The fourth-order valence-electron chi connectivity index (χ4n) is 4.12. The van der Waals surface area contributed by atoms with Crippen molar-refractivity contribution >= 4 is 54.8 Å². The maximum Gasteiger partial charge on any atom is 0.262 e. The molecule has 28 heavy (non-hydrogen) atoms. The van der Waals surface area contributed by atoms with Gasteiger partial charge >= 0.3 is 0 Å². The summed E-state index contributed by atoms with van der Waals surface area (Å²) in [7, 11) is -3.53. The summed E-state index contributed by atoms with van der Waals surface area (Å²) in [5, 5.41) is 8.32. The first kappa shape index (κ1) is 19.8. The Morgan fingerprint density at radius 2 is 2.00 bits per heavy atom. The van der Waals surface area contributed by atoms with Gasteiger partial charge in [-0.25, -0.2) is 8.42 Å². The quantitative estimate of drug-likeness (QED) is 0.568. The van der Waals surface area contributed by atoms with Gasteiger partial charge in [0.15, 0.2) is 9.84 Å². The number of carbonyl (C=O) groups is 3. The summed E-state index contributed by atoms with van der Waals surface area (Å²) in [5.74, 6) is -2.12. The Morgan fingerprint density at radius 1 is 1.29 bits per heavy atom. The Balaban J connectivity index is 1.26. The molecule has 1 saturated heterocycles. The zero-order valence-corrected chi connectivity index (χ0v) is 18.3. The van der Waals surface area contributed by atoms with Crippen molar-refractivity contribution in [3.05, 3.63) is 20.3 Å². The van der Waals surface area contributed by atoms with E-state index in [9.17, 15) is 22.8 Å². The zero-order chi connectivity index (χ0) is 20.3. The van der Waals surface area contributed by atoms with Crippen LogP contribution in [0.25, 0.3) is 0 Å². The van der Waals surface area contributed by atoms with E-state index in [1.54, 1.807) is 0 Å². The molecule has 2 heterocycles. The second kappa shape index (κ2) is 6.81. The number of nitrogens with one attached hydrogen (secondary N) is 3. The van der Waals surface area contributed by atoms with Crippen LogP contribution in [0.5, 0.6) is 0 Å². The summed E-state index contributed by atoms with van der Waals surface area (Å²) in [6.45, 7) is 1.95. The number of aryl methyl sites for hydroxylation is 1. The van der Waals surface area contributed by atoms with Crippen molar-refractivity contribution in [2.75, 3.05) is 11.5 Å². The molecule has 3 fully saturated rings. The highest BCUT2D eigenvalue weighted by molar-refractivity contribution is 9.10. The minimum absolute atomic E-state index is 0.0221. The summed E-state index contributed by atoms with van der Waals surface area (Å²) in [4.78, 5) is 37.9. The topological polar surface area (TPSA) is 121 Å². The average Bonchev–Trinajstić information content (AvgIpc) is 3.12. The van der Waals surface area contributed by atoms with Gasteiger partial charge in [0.2, 0.25) is 11.8 Å². The van der Waals surface area contributed by atoms with Crippen molar-refractivity contribution in [1.29, 1.82) is 0 Å². The molecule has 3 aliphatic rings. The van der Waals surface area contributed by atoms with Gasteiger partial charge in [-0.3, -0.25) is 14.4 Å². The highest BCUT2D eigenvalue weighted by Crippen LogP contribution is 2.60. The number of hydrogen-bond acceptors (Lipinski definition) is 6. The van der Waals surface area contributed by atoms with Gasteiger partial charge in [-0.05, 0) is 53.6 Å². The van der Waals surface area contributed by atoms with Gasteiger partial charge in [0.1, 0.15) is 16.7 Å². The molecule has 152 valence electrons. The largest absolute Gasteiger partial charge is 0.352 e. The molecule has 2 atom stereocenters. The molecule has 2 unspecified atom stereocenters. The summed E-state index contributed by atoms with van der Waals surface area (Å²) >= 11 is 4.85. The molecular formula is C17H20BrN3O5S2. The molecule has 3 amide bonds. The molecule has 0 radical (unpaired) electrons. The van der Waals surface area contributed by atoms with Crippen molar-refractivity contribution in [1.82, 2.24) is 16.0 Å². The van der Waals surface area contributed by atoms with Crippen molar-refractivity contribution < 1.29 is 22.8 Å². The maximum absolute atomic E-state index is 12.4. The molecule has 2 saturated carbocycles. The Bertz CT molecular complexity index is 967. The Kier molecular flexibility index (Phi) is 4.82. The number of halogens is 1. The highest BCUT2D eigenvalue weighted by atomic mass is 79.9. The molecule has 1 spiro atoms. The van der Waals surface area contributed by atoms with Crippen LogP contribution < -0.4 is 16.0 Å². The standard InChI is InChI=1S/C17H20BrN3O5S2/c1-8-2-10(18)14(27-8)16(24)21-12-5-17(12)3-9(4-17)19-15(23)11-6-28(25,26)7-13(22)20-11/h2,9,11-12H,3-7H2,1H3,(H,19,23)(H,20,22)(H,21,24). The number of thiophene rings is 1. The van der Waals surface area contributed by atoms with Crippen molar-refractivity contribution in [3.63, 3.8) is 0 Å². The number of sulfone groups is 1. The fourth-order valence-corrected chi connectivity index (χ4v) is 7.19. The minimum Gasteiger partial charge on any atom is -0.352 e. The van der Waals surface area contributed by atoms with Crippen LogP contribution in [0.15, 0.2) is 10.5 Å². The monoisotopic (exact) mass is 489 g/mol. The predicted octanol–water partition coefficient (Wildman–Crippen LogP) is 0.499. The molecule has 3 N–H and O–H groups in total. The third-order valence-electron chi connectivity index (χ3n) is 5.59. The van der Waals surface area contributed by atoms with Gasteiger partial charge < -0.3 is 16.0 Å². The Hall–Kier alpha value is -1.46. The van der Waals surface area contributed by atoms with E-state index in [-0.39, 0.29) is 29.2 Å². The number of rotatable bonds is 4. The van der Waals surface area contributed by atoms with Gasteiger partial charge in [0.05, 0.1) is 5.75 Å². The van der Waals surface area contributed by atoms with Gasteiger partial charge in [0.25, 0.3) is 5.91 Å². The van der Waals surface area contributed by atoms with E-state index in [1.165, 1.54) is 11.3 Å². The predicted molar refractivity (Wildman–Crippen MR) is 107 cm³/mol. The van der Waals surface area contributed by atoms with E-state index in [4.69, 9.17) is 0 Å². The lowest BCUT2D eigenvalue weighted by molar-refractivity contribution is -0.129. The zero-order valence-electron chi connectivity index (χ0n) is 15.1. The molecule has 4 rings (SSSR count). The van der Waals surface area contributed by atoms with E-state index < -0.39 is 33.4 Å². The second-order valence-electron chi connectivity index (χ2n) is 7.92. The number of amides is 3. The van der Waals surface area contributed by atoms with Gasteiger partial charge in [0, 0.05) is 21.4 Å². The van der Waals surface area contributed by atoms with E-state index in [0.717, 1.165) is 28.6 Å². The molecule has 1 aliphatic heterocycles. The second-order valence-corrected chi connectivity index (χ2v) is 12.1. The Labute approximate surface area is 174 Å². The fraction of sp³-hybridized carbons (Fsp3) is 0.588. The number of carbonyl (C=O) groups excluding carboxylic acids is 3. The van der Waals surface area contributed by atoms with Gasteiger partial charge in [-0.2, -0.15) is 0 Å².